The summed E-state index contributed by atoms with van der Waals surface area (Å²) in [5, 5.41) is 3.23. The minimum absolute atomic E-state index is 0. The lowest BCUT2D eigenvalue weighted by molar-refractivity contribution is 0.515. The molecular formula is C13H20ClFN2O2S. The Morgan fingerprint density at radius 3 is 2.85 bits per heavy atom. The van der Waals surface area contributed by atoms with Crippen LogP contribution >= 0.6 is 12.4 Å². The summed E-state index contributed by atoms with van der Waals surface area (Å²) in [5.41, 5.74) is 0.336. The molecule has 2 rings (SSSR count). The molecule has 0 aliphatic carbocycles. The summed E-state index contributed by atoms with van der Waals surface area (Å²) in [6.07, 6.45) is 1.85. The third-order valence-corrected chi connectivity index (χ3v) is 4.93. The van der Waals surface area contributed by atoms with E-state index in [1.807, 2.05) is 0 Å². The predicted octanol–water partition coefficient (Wildman–Crippen LogP) is 1.83. The molecule has 1 heterocycles. The van der Waals surface area contributed by atoms with Crippen LogP contribution in [0.2, 0.25) is 0 Å². The van der Waals surface area contributed by atoms with Crippen LogP contribution in [0.4, 0.5) is 4.39 Å². The highest BCUT2D eigenvalue weighted by molar-refractivity contribution is 7.89. The molecule has 114 valence electrons. The topological polar surface area (TPSA) is 58.2 Å². The molecule has 1 saturated heterocycles. The molecule has 0 saturated carbocycles. The molecule has 0 aromatic heterocycles. The van der Waals surface area contributed by atoms with Crippen molar-refractivity contribution in [3.63, 3.8) is 0 Å². The highest BCUT2D eigenvalue weighted by Gasteiger charge is 2.21. The van der Waals surface area contributed by atoms with Crippen molar-refractivity contribution in [2.75, 3.05) is 19.6 Å². The summed E-state index contributed by atoms with van der Waals surface area (Å²) in [7, 11) is -3.75. The summed E-state index contributed by atoms with van der Waals surface area (Å²) in [6, 6.07) is 4.40. The van der Waals surface area contributed by atoms with E-state index in [2.05, 4.69) is 10.0 Å². The Hall–Kier alpha value is -0.690. The fourth-order valence-electron chi connectivity index (χ4n) is 2.26. The summed E-state index contributed by atoms with van der Waals surface area (Å²) in [6.45, 7) is 3.82. The van der Waals surface area contributed by atoms with Crippen LogP contribution in [0.25, 0.3) is 0 Å². The standard InChI is InChI=1S/C13H19FN2O2S.ClH/c1-10-3-2-4-12(13(10)14)19(17,18)16-8-6-11-5-7-15-9-11;/h2-4,11,15-16H,5-9H2,1H3;1H. The molecular weight excluding hydrogens is 303 g/mol. The quantitative estimate of drug-likeness (QED) is 0.869. The second-order valence-electron chi connectivity index (χ2n) is 4.93. The highest BCUT2D eigenvalue weighted by atomic mass is 35.5. The van der Waals surface area contributed by atoms with Crippen molar-refractivity contribution in [2.24, 2.45) is 5.92 Å². The maximum atomic E-state index is 13.8. The largest absolute Gasteiger partial charge is 0.316 e. The molecule has 1 aliphatic heterocycles. The van der Waals surface area contributed by atoms with Gasteiger partial charge in [-0.05, 0) is 50.4 Å². The van der Waals surface area contributed by atoms with Crippen molar-refractivity contribution < 1.29 is 12.8 Å². The van der Waals surface area contributed by atoms with Gasteiger partial charge >= 0.3 is 0 Å². The molecule has 1 unspecified atom stereocenters. The lowest BCUT2D eigenvalue weighted by Gasteiger charge is -2.11. The van der Waals surface area contributed by atoms with E-state index in [9.17, 15) is 12.8 Å². The first kappa shape index (κ1) is 17.4. The molecule has 1 aliphatic rings. The summed E-state index contributed by atoms with van der Waals surface area (Å²) in [5.74, 6) is -0.164. The summed E-state index contributed by atoms with van der Waals surface area (Å²) >= 11 is 0. The van der Waals surface area contributed by atoms with E-state index in [1.165, 1.54) is 6.07 Å². The molecule has 2 N–H and O–H groups in total. The molecule has 0 amide bonds. The average molecular weight is 323 g/mol. The first-order valence-electron chi connectivity index (χ1n) is 6.46. The molecule has 0 bridgehead atoms. The van der Waals surface area contributed by atoms with Gasteiger partial charge in [-0.15, -0.1) is 12.4 Å². The van der Waals surface area contributed by atoms with Gasteiger partial charge in [0.1, 0.15) is 10.7 Å². The van der Waals surface area contributed by atoms with Gasteiger partial charge in [-0.25, -0.2) is 17.5 Å². The van der Waals surface area contributed by atoms with Crippen LogP contribution in [0.3, 0.4) is 0 Å². The van der Waals surface area contributed by atoms with Crippen molar-refractivity contribution >= 4 is 22.4 Å². The third kappa shape index (κ3) is 4.15. The third-order valence-electron chi connectivity index (χ3n) is 3.45. The maximum Gasteiger partial charge on any atom is 0.243 e. The maximum absolute atomic E-state index is 13.8. The van der Waals surface area contributed by atoms with Crippen molar-refractivity contribution in [1.82, 2.24) is 10.0 Å². The van der Waals surface area contributed by atoms with Gasteiger partial charge < -0.3 is 5.32 Å². The van der Waals surface area contributed by atoms with E-state index in [0.29, 0.717) is 18.0 Å². The number of sulfonamides is 1. The van der Waals surface area contributed by atoms with Gasteiger partial charge in [0.25, 0.3) is 0 Å². The molecule has 1 atom stereocenters. The number of halogens is 2. The monoisotopic (exact) mass is 322 g/mol. The number of rotatable bonds is 5. The van der Waals surface area contributed by atoms with Crippen LogP contribution in [0.15, 0.2) is 23.1 Å². The van der Waals surface area contributed by atoms with Gasteiger partial charge in [-0.2, -0.15) is 0 Å². The second kappa shape index (κ2) is 7.36. The van der Waals surface area contributed by atoms with E-state index in [1.54, 1.807) is 19.1 Å². The summed E-state index contributed by atoms with van der Waals surface area (Å²) < 4.78 is 40.3. The van der Waals surface area contributed by atoms with Gasteiger partial charge in [0, 0.05) is 6.54 Å². The van der Waals surface area contributed by atoms with Crippen LogP contribution in [0, 0.1) is 18.7 Å². The van der Waals surface area contributed by atoms with E-state index >= 15 is 0 Å². The first-order valence-corrected chi connectivity index (χ1v) is 7.94. The molecule has 0 radical (unpaired) electrons. The Morgan fingerprint density at radius 2 is 2.20 bits per heavy atom. The minimum atomic E-state index is -3.75. The zero-order valence-corrected chi connectivity index (χ0v) is 13.0. The van der Waals surface area contributed by atoms with Gasteiger partial charge in [0.15, 0.2) is 0 Å². The minimum Gasteiger partial charge on any atom is -0.316 e. The Labute approximate surface area is 125 Å². The number of hydrogen-bond donors (Lipinski definition) is 2. The summed E-state index contributed by atoms with van der Waals surface area (Å²) in [4.78, 5) is -0.267. The lowest BCUT2D eigenvalue weighted by Crippen LogP contribution is -2.27. The lowest BCUT2D eigenvalue weighted by atomic mass is 10.1. The SMILES string of the molecule is Cc1cccc(S(=O)(=O)NCCC2CCNC2)c1F.Cl. The normalized spacial score (nSPS) is 18.8. The van der Waals surface area contributed by atoms with Crippen LogP contribution in [-0.4, -0.2) is 28.1 Å². The van der Waals surface area contributed by atoms with Gasteiger partial charge in [-0.1, -0.05) is 12.1 Å². The zero-order valence-electron chi connectivity index (χ0n) is 11.4. The Balaban J connectivity index is 0.00000200. The Bertz CT molecular complexity index is 545. The van der Waals surface area contributed by atoms with Crippen LogP contribution < -0.4 is 10.0 Å². The van der Waals surface area contributed by atoms with Crippen LogP contribution in [0.5, 0.6) is 0 Å². The van der Waals surface area contributed by atoms with Crippen molar-refractivity contribution in [2.45, 2.75) is 24.7 Å². The van der Waals surface area contributed by atoms with Gasteiger partial charge in [-0.3, -0.25) is 0 Å². The van der Waals surface area contributed by atoms with Gasteiger partial charge in [0.2, 0.25) is 10.0 Å². The molecule has 0 spiro atoms. The molecule has 1 fully saturated rings. The van der Waals surface area contributed by atoms with Crippen molar-refractivity contribution in [1.29, 1.82) is 0 Å². The van der Waals surface area contributed by atoms with Crippen molar-refractivity contribution in [3.05, 3.63) is 29.6 Å². The second-order valence-corrected chi connectivity index (χ2v) is 6.67. The fourth-order valence-corrected chi connectivity index (χ4v) is 3.46. The molecule has 4 nitrogen and oxygen atoms in total. The number of aryl methyl sites for hydroxylation is 1. The first-order chi connectivity index (χ1) is 9.00. The number of hydrogen-bond acceptors (Lipinski definition) is 3. The molecule has 1 aromatic rings. The Morgan fingerprint density at radius 1 is 1.45 bits per heavy atom. The Kier molecular flexibility index (Phi) is 6.39. The van der Waals surface area contributed by atoms with E-state index in [-0.39, 0.29) is 17.3 Å². The van der Waals surface area contributed by atoms with Crippen molar-refractivity contribution in [3.8, 4) is 0 Å². The number of nitrogens with one attached hydrogen (secondary N) is 2. The molecule has 7 heteroatoms. The predicted molar refractivity (Wildman–Crippen MR) is 79.2 cm³/mol. The van der Waals surface area contributed by atoms with Gasteiger partial charge in [0.05, 0.1) is 0 Å². The molecule has 1 aromatic carbocycles. The smallest absolute Gasteiger partial charge is 0.243 e. The van der Waals surface area contributed by atoms with Crippen LogP contribution in [0.1, 0.15) is 18.4 Å². The van der Waals surface area contributed by atoms with Crippen LogP contribution in [-0.2, 0) is 10.0 Å². The zero-order chi connectivity index (χ0) is 13.9. The fraction of sp³-hybridized carbons (Fsp3) is 0.538. The highest BCUT2D eigenvalue weighted by Crippen LogP contribution is 2.17. The van der Waals surface area contributed by atoms with E-state index in [0.717, 1.165) is 25.9 Å². The average Bonchev–Trinajstić information content (AvgIpc) is 2.85. The van der Waals surface area contributed by atoms with E-state index in [4.69, 9.17) is 0 Å². The molecule has 20 heavy (non-hydrogen) atoms. The number of benzene rings is 1. The van der Waals surface area contributed by atoms with E-state index < -0.39 is 15.8 Å².